The van der Waals surface area contributed by atoms with Crippen molar-refractivity contribution in [2.45, 2.75) is 50.2 Å². The van der Waals surface area contributed by atoms with Gasteiger partial charge >= 0.3 is 0 Å². The molecule has 4 aromatic rings. The highest BCUT2D eigenvalue weighted by Crippen LogP contribution is 2.36. The average molecular weight is 678 g/mol. The van der Waals surface area contributed by atoms with Gasteiger partial charge in [0.1, 0.15) is 24.1 Å². The molecule has 0 radical (unpaired) electrons. The van der Waals surface area contributed by atoms with Crippen LogP contribution in [0.25, 0.3) is 0 Å². The summed E-state index contributed by atoms with van der Waals surface area (Å²) in [5.74, 6) is -0.348. The van der Waals surface area contributed by atoms with E-state index in [1.54, 1.807) is 54.6 Å². The molecule has 0 aromatic heterocycles. The minimum atomic E-state index is -4.31. The normalized spacial score (nSPS) is 12.4. The number of amides is 2. The number of ether oxygens (including phenoxy) is 2. The molecule has 1 N–H and O–H groups in total. The number of carbonyl (C=O) groups is 2. The molecule has 4 aromatic carbocycles. The zero-order valence-electron chi connectivity index (χ0n) is 26.9. The number of hydrogen-bond donors (Lipinski definition) is 1. The van der Waals surface area contributed by atoms with Crippen LogP contribution in [0.4, 0.5) is 5.69 Å². The Morgan fingerprint density at radius 1 is 0.851 bits per heavy atom. The molecule has 0 fully saturated rings. The molecule has 0 spiro atoms. The topological polar surface area (TPSA) is 105 Å². The average Bonchev–Trinajstić information content (AvgIpc) is 3.09. The Morgan fingerprint density at radius 3 is 2.09 bits per heavy atom. The molecule has 2 amide bonds. The van der Waals surface area contributed by atoms with Crippen LogP contribution in [0.15, 0.2) is 108 Å². The van der Waals surface area contributed by atoms with Gasteiger partial charge in [-0.1, -0.05) is 79.2 Å². The third-order valence-corrected chi connectivity index (χ3v) is 9.83. The summed E-state index contributed by atoms with van der Waals surface area (Å²) in [5, 5.41) is 3.55. The zero-order chi connectivity index (χ0) is 34.0. The molecule has 4 rings (SSSR count). The Kier molecular flexibility index (Phi) is 12.3. The van der Waals surface area contributed by atoms with E-state index >= 15 is 0 Å². The molecular weight excluding hydrogens is 638 g/mol. The van der Waals surface area contributed by atoms with Crippen LogP contribution < -0.4 is 19.1 Å². The van der Waals surface area contributed by atoms with Gasteiger partial charge in [0, 0.05) is 30.1 Å². The first-order valence-electron chi connectivity index (χ1n) is 15.2. The molecule has 0 saturated heterocycles. The van der Waals surface area contributed by atoms with Gasteiger partial charge in [-0.25, -0.2) is 8.42 Å². The summed E-state index contributed by atoms with van der Waals surface area (Å²) in [4.78, 5) is 30.1. The number of halogens is 1. The monoisotopic (exact) mass is 677 g/mol. The predicted molar refractivity (Wildman–Crippen MR) is 184 cm³/mol. The summed E-state index contributed by atoms with van der Waals surface area (Å²) in [6.07, 6.45) is 0.893. The van der Waals surface area contributed by atoms with Gasteiger partial charge in [-0.3, -0.25) is 13.9 Å². The fourth-order valence-electron chi connectivity index (χ4n) is 5.01. The maximum atomic E-state index is 14.7. The summed E-state index contributed by atoms with van der Waals surface area (Å²) in [6.45, 7) is 3.25. The molecular formula is C36H40ClN3O6S. The van der Waals surface area contributed by atoms with Crippen molar-refractivity contribution in [1.82, 2.24) is 10.2 Å². The van der Waals surface area contributed by atoms with Gasteiger partial charge in [0.2, 0.25) is 11.8 Å². The minimum absolute atomic E-state index is 0.0164. The van der Waals surface area contributed by atoms with E-state index in [1.807, 2.05) is 44.2 Å². The Bertz CT molecular complexity index is 1740. The lowest BCUT2D eigenvalue weighted by atomic mass is 10.0. The van der Waals surface area contributed by atoms with E-state index in [2.05, 4.69) is 5.32 Å². The summed E-state index contributed by atoms with van der Waals surface area (Å²) in [7, 11) is -1.43. The molecule has 248 valence electrons. The van der Waals surface area contributed by atoms with Crippen LogP contribution in [0.1, 0.15) is 31.4 Å². The van der Waals surface area contributed by atoms with Gasteiger partial charge < -0.3 is 19.7 Å². The molecule has 0 aliphatic carbocycles. The highest BCUT2D eigenvalue weighted by atomic mass is 35.5. The van der Waals surface area contributed by atoms with Crippen molar-refractivity contribution in [2.24, 2.45) is 0 Å². The van der Waals surface area contributed by atoms with Crippen LogP contribution >= 0.6 is 11.6 Å². The second-order valence-corrected chi connectivity index (χ2v) is 13.3. The van der Waals surface area contributed by atoms with Crippen molar-refractivity contribution >= 4 is 39.1 Å². The van der Waals surface area contributed by atoms with Crippen LogP contribution in [0.3, 0.4) is 0 Å². The van der Waals surface area contributed by atoms with Gasteiger partial charge in [-0.2, -0.15) is 0 Å². The Hall–Kier alpha value is -4.54. The quantitative estimate of drug-likeness (QED) is 0.163. The van der Waals surface area contributed by atoms with Crippen molar-refractivity contribution in [1.29, 1.82) is 0 Å². The van der Waals surface area contributed by atoms with Crippen LogP contribution in [0, 0.1) is 0 Å². The lowest BCUT2D eigenvalue weighted by Gasteiger charge is -2.34. The molecule has 0 saturated carbocycles. The fraction of sp³-hybridized carbons (Fsp3) is 0.278. The highest BCUT2D eigenvalue weighted by Gasteiger charge is 2.36. The summed E-state index contributed by atoms with van der Waals surface area (Å²) < 4.78 is 40.6. The van der Waals surface area contributed by atoms with Crippen molar-refractivity contribution in [2.75, 3.05) is 25.1 Å². The van der Waals surface area contributed by atoms with Crippen LogP contribution in [0.2, 0.25) is 5.02 Å². The summed E-state index contributed by atoms with van der Waals surface area (Å²) in [5.41, 5.74) is 1.67. The predicted octanol–water partition coefficient (Wildman–Crippen LogP) is 6.11. The molecule has 0 unspecified atom stereocenters. The summed E-state index contributed by atoms with van der Waals surface area (Å²) in [6, 6.07) is 27.8. The molecule has 0 heterocycles. The maximum absolute atomic E-state index is 14.7. The van der Waals surface area contributed by atoms with E-state index < -0.39 is 28.5 Å². The number of rotatable bonds is 15. The van der Waals surface area contributed by atoms with Crippen LogP contribution in [0.5, 0.6) is 11.5 Å². The van der Waals surface area contributed by atoms with Crippen molar-refractivity contribution in [3.63, 3.8) is 0 Å². The largest absolute Gasteiger partial charge is 0.497 e. The van der Waals surface area contributed by atoms with E-state index in [4.69, 9.17) is 21.1 Å². The Balaban J connectivity index is 1.86. The SMILES string of the molecule is CC[C@@H](C)NC(=O)[C@H](Cc1ccccc1)N(Cc1ccc(Cl)cc1)C(=O)CN(c1cc(OC)ccc1OC)S(=O)(=O)c1ccccc1. The van der Waals surface area contributed by atoms with E-state index in [0.717, 1.165) is 9.87 Å². The molecule has 11 heteroatoms. The number of benzene rings is 4. The van der Waals surface area contributed by atoms with Gasteiger partial charge in [-0.05, 0) is 60.9 Å². The number of nitrogens with one attached hydrogen (secondary N) is 1. The number of anilines is 1. The van der Waals surface area contributed by atoms with E-state index in [9.17, 15) is 18.0 Å². The van der Waals surface area contributed by atoms with Gasteiger partial charge in [0.15, 0.2) is 0 Å². The Morgan fingerprint density at radius 2 is 1.49 bits per heavy atom. The molecule has 47 heavy (non-hydrogen) atoms. The number of carbonyl (C=O) groups excluding carboxylic acids is 2. The molecule has 0 aliphatic heterocycles. The summed E-state index contributed by atoms with van der Waals surface area (Å²) >= 11 is 6.16. The molecule has 0 bridgehead atoms. The zero-order valence-corrected chi connectivity index (χ0v) is 28.5. The lowest BCUT2D eigenvalue weighted by Crippen LogP contribution is -2.54. The molecule has 9 nitrogen and oxygen atoms in total. The smallest absolute Gasteiger partial charge is 0.264 e. The molecule has 0 aliphatic rings. The number of sulfonamides is 1. The van der Waals surface area contributed by atoms with Crippen molar-refractivity contribution in [3.05, 3.63) is 119 Å². The van der Waals surface area contributed by atoms with E-state index in [1.165, 1.54) is 37.3 Å². The van der Waals surface area contributed by atoms with Crippen LogP contribution in [-0.2, 0) is 32.6 Å². The first kappa shape index (κ1) is 35.3. The van der Waals surface area contributed by atoms with Crippen LogP contribution in [-0.4, -0.2) is 58.0 Å². The van der Waals surface area contributed by atoms with Gasteiger partial charge in [0.05, 0.1) is 24.8 Å². The second kappa shape index (κ2) is 16.3. The fourth-order valence-corrected chi connectivity index (χ4v) is 6.57. The van der Waals surface area contributed by atoms with Gasteiger partial charge in [0.25, 0.3) is 10.0 Å². The lowest BCUT2D eigenvalue weighted by molar-refractivity contribution is -0.140. The second-order valence-electron chi connectivity index (χ2n) is 11.0. The third kappa shape index (κ3) is 9.05. The molecule has 2 atom stereocenters. The number of methoxy groups -OCH3 is 2. The Labute approximate surface area is 282 Å². The number of nitrogens with zero attached hydrogens (tertiary/aromatic N) is 2. The van der Waals surface area contributed by atoms with E-state index in [0.29, 0.717) is 22.8 Å². The maximum Gasteiger partial charge on any atom is 0.264 e. The standard InChI is InChI=1S/C36H40ClN3O6S/c1-5-26(2)38-36(42)33(22-27-12-8-6-9-13-27)39(24-28-16-18-29(37)19-17-28)35(41)25-40(47(43,44)31-14-10-7-11-15-31)32-23-30(45-3)20-21-34(32)46-4/h6-21,23,26,33H,5,22,24-25H2,1-4H3,(H,38,42)/t26-,33+/m1/s1. The van der Waals surface area contributed by atoms with Gasteiger partial charge in [-0.15, -0.1) is 0 Å². The third-order valence-electron chi connectivity index (χ3n) is 7.80. The van der Waals surface area contributed by atoms with Crippen molar-refractivity contribution < 1.29 is 27.5 Å². The van der Waals surface area contributed by atoms with Crippen molar-refractivity contribution in [3.8, 4) is 11.5 Å². The minimum Gasteiger partial charge on any atom is -0.497 e. The first-order chi connectivity index (χ1) is 22.6. The first-order valence-corrected chi connectivity index (χ1v) is 17.1. The van der Waals surface area contributed by atoms with E-state index in [-0.39, 0.29) is 41.2 Å². The number of hydrogen-bond acceptors (Lipinski definition) is 6. The highest BCUT2D eigenvalue weighted by molar-refractivity contribution is 7.92.